The average Bonchev–Trinajstić information content (AvgIpc) is 2.49. The normalized spacial score (nSPS) is 13.2. The van der Waals surface area contributed by atoms with Crippen LogP contribution in [0.1, 0.15) is 53.4 Å². The molecule has 0 fully saturated rings. The molecule has 0 saturated heterocycles. The molecule has 2 amide bonds. The Balaban J connectivity index is 4.53. The molecule has 2 atom stereocenters. The van der Waals surface area contributed by atoms with E-state index in [0.717, 1.165) is 0 Å². The average molecular weight is 341 g/mol. The second kappa shape index (κ2) is 11.7. The predicted octanol–water partition coefficient (Wildman–Crippen LogP) is 0.557. The van der Waals surface area contributed by atoms with Crippen molar-refractivity contribution < 1.29 is 19.2 Å². The number of carbonyl (C=O) groups excluding carboxylic acids is 4. The van der Waals surface area contributed by atoms with Crippen LogP contribution in [0, 0.1) is 11.8 Å². The molecule has 0 aromatic carbocycles. The van der Waals surface area contributed by atoms with Gasteiger partial charge in [0.1, 0.15) is 5.78 Å². The first-order valence-corrected chi connectivity index (χ1v) is 8.48. The molecule has 0 aromatic heterocycles. The zero-order valence-electron chi connectivity index (χ0n) is 15.2. The van der Waals surface area contributed by atoms with E-state index in [1.807, 2.05) is 13.8 Å². The van der Waals surface area contributed by atoms with Crippen molar-refractivity contribution in [3.8, 4) is 0 Å². The van der Waals surface area contributed by atoms with Crippen molar-refractivity contribution in [3.05, 3.63) is 0 Å². The van der Waals surface area contributed by atoms with Gasteiger partial charge in [0.25, 0.3) is 0 Å². The first kappa shape index (κ1) is 22.2. The van der Waals surface area contributed by atoms with Gasteiger partial charge < -0.3 is 21.2 Å². The maximum absolute atomic E-state index is 12.4. The van der Waals surface area contributed by atoms with Gasteiger partial charge in [-0.05, 0) is 19.3 Å². The lowest BCUT2D eigenvalue weighted by Crippen LogP contribution is -2.45. The number of nitrogens with one attached hydrogen (secondary N) is 2. The van der Waals surface area contributed by atoms with Gasteiger partial charge >= 0.3 is 0 Å². The molecule has 0 aromatic rings. The molecule has 0 heterocycles. The number of hydrogen-bond donors (Lipinski definition) is 3. The molecule has 4 N–H and O–H groups in total. The van der Waals surface area contributed by atoms with Crippen molar-refractivity contribution in [2.24, 2.45) is 17.6 Å². The maximum Gasteiger partial charge on any atom is 0.223 e. The van der Waals surface area contributed by atoms with Crippen LogP contribution in [0.25, 0.3) is 0 Å². The van der Waals surface area contributed by atoms with Crippen molar-refractivity contribution in [3.63, 3.8) is 0 Å². The fraction of sp³-hybridized carbons (Fsp3) is 0.765. The Morgan fingerprint density at radius 1 is 1.04 bits per heavy atom. The molecule has 0 aliphatic heterocycles. The third kappa shape index (κ3) is 9.39. The van der Waals surface area contributed by atoms with Crippen molar-refractivity contribution in [2.75, 3.05) is 13.1 Å². The number of Topliss-reactive ketones (excluding diaryl/α,β-unsaturated/α-hetero) is 2. The summed E-state index contributed by atoms with van der Waals surface area (Å²) in [6, 6.07) is -0.625. The largest absolute Gasteiger partial charge is 0.355 e. The van der Waals surface area contributed by atoms with Crippen LogP contribution in [0.4, 0.5) is 0 Å². The van der Waals surface area contributed by atoms with E-state index in [0.29, 0.717) is 25.9 Å². The quantitative estimate of drug-likeness (QED) is 0.479. The highest BCUT2D eigenvalue weighted by Crippen LogP contribution is 2.11. The number of nitrogens with two attached hydrogens (primary N) is 1. The Morgan fingerprint density at radius 2 is 1.67 bits per heavy atom. The molecule has 0 saturated carbocycles. The molecular formula is C17H31N3O4. The SMILES string of the molecule is CC(=O)CCCC(=O)N[C@H](C(=O)C[C@@H](C)C(=O)NCCN)C(C)C. The molecule has 0 unspecified atom stereocenters. The highest BCUT2D eigenvalue weighted by Gasteiger charge is 2.27. The van der Waals surface area contributed by atoms with E-state index in [1.54, 1.807) is 6.92 Å². The topological polar surface area (TPSA) is 118 Å². The number of rotatable bonds is 12. The number of amides is 2. The molecule has 7 nitrogen and oxygen atoms in total. The van der Waals surface area contributed by atoms with Crippen molar-refractivity contribution in [2.45, 2.75) is 59.4 Å². The van der Waals surface area contributed by atoms with E-state index < -0.39 is 12.0 Å². The summed E-state index contributed by atoms with van der Waals surface area (Å²) >= 11 is 0. The van der Waals surface area contributed by atoms with Crippen LogP contribution in [0.15, 0.2) is 0 Å². The van der Waals surface area contributed by atoms with Gasteiger partial charge in [-0.2, -0.15) is 0 Å². The third-order valence-electron chi connectivity index (χ3n) is 3.66. The van der Waals surface area contributed by atoms with E-state index in [2.05, 4.69) is 10.6 Å². The number of ketones is 2. The van der Waals surface area contributed by atoms with Gasteiger partial charge in [-0.3, -0.25) is 14.4 Å². The standard InChI is InChI=1S/C17H31N3O4/c1-11(2)16(20-15(23)7-5-6-13(4)21)14(22)10-12(3)17(24)19-9-8-18/h11-12,16H,5-10,18H2,1-4H3,(H,19,24)(H,20,23)/t12-,16+/m1/s1. The second-order valence-corrected chi connectivity index (χ2v) is 6.50. The molecule has 0 bridgehead atoms. The van der Waals surface area contributed by atoms with Crippen LogP contribution in [-0.4, -0.2) is 42.5 Å². The van der Waals surface area contributed by atoms with Crippen LogP contribution >= 0.6 is 0 Å². The van der Waals surface area contributed by atoms with Crippen LogP contribution in [0.2, 0.25) is 0 Å². The van der Waals surface area contributed by atoms with Crippen LogP contribution in [0.3, 0.4) is 0 Å². The zero-order chi connectivity index (χ0) is 18.7. The van der Waals surface area contributed by atoms with Crippen LogP contribution in [-0.2, 0) is 19.2 Å². The van der Waals surface area contributed by atoms with Gasteiger partial charge in [0, 0.05) is 38.3 Å². The Kier molecular flexibility index (Phi) is 10.9. The molecule has 0 spiro atoms. The van der Waals surface area contributed by atoms with E-state index in [4.69, 9.17) is 5.73 Å². The fourth-order valence-corrected chi connectivity index (χ4v) is 2.25. The Morgan fingerprint density at radius 3 is 2.17 bits per heavy atom. The van der Waals surface area contributed by atoms with E-state index in [-0.39, 0.29) is 42.1 Å². The molecule has 0 rings (SSSR count). The Labute approximate surface area is 144 Å². The van der Waals surface area contributed by atoms with E-state index in [9.17, 15) is 19.2 Å². The molecule has 7 heteroatoms. The van der Waals surface area contributed by atoms with E-state index in [1.165, 1.54) is 6.92 Å². The van der Waals surface area contributed by atoms with Gasteiger partial charge in [-0.15, -0.1) is 0 Å². The third-order valence-corrected chi connectivity index (χ3v) is 3.66. The predicted molar refractivity (Wildman–Crippen MR) is 92.2 cm³/mol. The van der Waals surface area contributed by atoms with Crippen LogP contribution in [0.5, 0.6) is 0 Å². The minimum Gasteiger partial charge on any atom is -0.355 e. The molecule has 24 heavy (non-hydrogen) atoms. The lowest BCUT2D eigenvalue weighted by Gasteiger charge is -2.22. The van der Waals surface area contributed by atoms with Gasteiger partial charge in [-0.1, -0.05) is 20.8 Å². The summed E-state index contributed by atoms with van der Waals surface area (Å²) in [6.07, 6.45) is 1.10. The highest BCUT2D eigenvalue weighted by atomic mass is 16.2. The lowest BCUT2D eigenvalue weighted by atomic mass is 9.92. The number of carbonyl (C=O) groups is 4. The van der Waals surface area contributed by atoms with Crippen molar-refractivity contribution >= 4 is 23.4 Å². The summed E-state index contributed by atoms with van der Waals surface area (Å²) in [5, 5.41) is 5.38. The lowest BCUT2D eigenvalue weighted by molar-refractivity contribution is -0.132. The summed E-state index contributed by atoms with van der Waals surface area (Å²) < 4.78 is 0. The summed E-state index contributed by atoms with van der Waals surface area (Å²) in [5.41, 5.74) is 5.33. The maximum atomic E-state index is 12.4. The monoisotopic (exact) mass is 341 g/mol. The summed E-state index contributed by atoms with van der Waals surface area (Å²) in [4.78, 5) is 47.1. The molecule has 138 valence electrons. The minimum atomic E-state index is -0.625. The zero-order valence-corrected chi connectivity index (χ0v) is 15.2. The van der Waals surface area contributed by atoms with Gasteiger partial charge in [0.2, 0.25) is 11.8 Å². The second-order valence-electron chi connectivity index (χ2n) is 6.50. The minimum absolute atomic E-state index is 0.0385. The first-order chi connectivity index (χ1) is 11.2. The highest BCUT2D eigenvalue weighted by molar-refractivity contribution is 5.92. The smallest absolute Gasteiger partial charge is 0.223 e. The Bertz CT molecular complexity index is 449. The molecule has 0 radical (unpaired) electrons. The van der Waals surface area contributed by atoms with Gasteiger partial charge in [0.15, 0.2) is 5.78 Å². The summed E-state index contributed by atoms with van der Waals surface area (Å²) in [6.45, 7) is 7.57. The first-order valence-electron chi connectivity index (χ1n) is 8.48. The molecule has 0 aliphatic rings. The summed E-state index contributed by atoms with van der Waals surface area (Å²) in [7, 11) is 0. The van der Waals surface area contributed by atoms with Crippen molar-refractivity contribution in [1.29, 1.82) is 0 Å². The number of hydrogen-bond acceptors (Lipinski definition) is 5. The summed E-state index contributed by atoms with van der Waals surface area (Å²) in [5.74, 6) is -1.14. The fourth-order valence-electron chi connectivity index (χ4n) is 2.25. The Hall–Kier alpha value is -1.76. The van der Waals surface area contributed by atoms with Gasteiger partial charge in [-0.25, -0.2) is 0 Å². The van der Waals surface area contributed by atoms with Crippen molar-refractivity contribution in [1.82, 2.24) is 10.6 Å². The van der Waals surface area contributed by atoms with Crippen LogP contribution < -0.4 is 16.4 Å². The van der Waals surface area contributed by atoms with Gasteiger partial charge in [0.05, 0.1) is 6.04 Å². The van der Waals surface area contributed by atoms with E-state index >= 15 is 0 Å². The molecular weight excluding hydrogens is 310 g/mol. The molecule has 0 aliphatic carbocycles.